The Hall–Kier alpha value is -0.910. The minimum Gasteiger partial charge on any atom is -0.391 e. The third-order valence-electron chi connectivity index (χ3n) is 2.24. The molecule has 15 heavy (non-hydrogen) atoms. The van der Waals surface area contributed by atoms with Gasteiger partial charge in [-0.2, -0.15) is 5.10 Å². The standard InChI is InChI=1S/C10H19N3O2/c1-13-9(3-6-12-13)7-11-5-4-10(14)8-15-2/h3,6,10-11,14H,4-5,7-8H2,1-2H3. The van der Waals surface area contributed by atoms with Gasteiger partial charge in [-0.1, -0.05) is 0 Å². The molecule has 0 fully saturated rings. The topological polar surface area (TPSA) is 59.3 Å². The highest BCUT2D eigenvalue weighted by atomic mass is 16.5. The molecule has 0 aliphatic heterocycles. The molecule has 0 bridgehead atoms. The van der Waals surface area contributed by atoms with Gasteiger partial charge in [-0.25, -0.2) is 0 Å². The number of aromatic nitrogens is 2. The molecule has 1 heterocycles. The van der Waals surface area contributed by atoms with Crippen LogP contribution in [0.3, 0.4) is 0 Å². The lowest BCUT2D eigenvalue weighted by molar-refractivity contribution is 0.0594. The monoisotopic (exact) mass is 213 g/mol. The van der Waals surface area contributed by atoms with Crippen LogP contribution in [0.15, 0.2) is 12.3 Å². The van der Waals surface area contributed by atoms with Gasteiger partial charge in [-0.05, 0) is 19.0 Å². The number of aliphatic hydroxyl groups excluding tert-OH is 1. The van der Waals surface area contributed by atoms with Crippen molar-refractivity contribution in [2.75, 3.05) is 20.3 Å². The summed E-state index contributed by atoms with van der Waals surface area (Å²) in [5.41, 5.74) is 1.14. The molecule has 1 atom stereocenters. The zero-order valence-electron chi connectivity index (χ0n) is 9.31. The first-order valence-corrected chi connectivity index (χ1v) is 5.08. The zero-order valence-corrected chi connectivity index (χ0v) is 9.31. The summed E-state index contributed by atoms with van der Waals surface area (Å²) in [5, 5.41) is 16.7. The summed E-state index contributed by atoms with van der Waals surface area (Å²) >= 11 is 0. The molecule has 1 aromatic heterocycles. The number of hydrogen-bond donors (Lipinski definition) is 2. The maximum atomic E-state index is 9.38. The van der Waals surface area contributed by atoms with Crippen molar-refractivity contribution in [3.8, 4) is 0 Å². The molecule has 0 spiro atoms. The summed E-state index contributed by atoms with van der Waals surface area (Å²) < 4.78 is 6.67. The lowest BCUT2D eigenvalue weighted by atomic mass is 10.2. The smallest absolute Gasteiger partial charge is 0.0785 e. The Morgan fingerprint density at radius 1 is 1.67 bits per heavy atom. The third kappa shape index (κ3) is 4.42. The molecule has 0 aliphatic carbocycles. The Morgan fingerprint density at radius 2 is 2.47 bits per heavy atom. The Morgan fingerprint density at radius 3 is 3.07 bits per heavy atom. The summed E-state index contributed by atoms with van der Waals surface area (Å²) in [4.78, 5) is 0. The van der Waals surface area contributed by atoms with E-state index in [0.717, 1.165) is 18.8 Å². The van der Waals surface area contributed by atoms with Crippen LogP contribution in [0.1, 0.15) is 12.1 Å². The quantitative estimate of drug-likeness (QED) is 0.621. The van der Waals surface area contributed by atoms with Gasteiger partial charge in [0.15, 0.2) is 0 Å². The average molecular weight is 213 g/mol. The second-order valence-electron chi connectivity index (χ2n) is 3.52. The van der Waals surface area contributed by atoms with Crippen molar-refractivity contribution in [1.29, 1.82) is 0 Å². The molecular formula is C10H19N3O2. The van der Waals surface area contributed by atoms with Crippen LogP contribution < -0.4 is 5.32 Å². The molecule has 2 N–H and O–H groups in total. The van der Waals surface area contributed by atoms with Crippen LogP contribution in [-0.2, 0) is 18.3 Å². The number of aryl methyl sites for hydroxylation is 1. The first-order chi connectivity index (χ1) is 7.24. The SMILES string of the molecule is COCC(O)CCNCc1ccnn1C. The Labute approximate surface area is 90.1 Å². The van der Waals surface area contributed by atoms with Crippen molar-refractivity contribution in [1.82, 2.24) is 15.1 Å². The number of aliphatic hydroxyl groups is 1. The third-order valence-corrected chi connectivity index (χ3v) is 2.24. The molecule has 0 saturated heterocycles. The lowest BCUT2D eigenvalue weighted by Crippen LogP contribution is -2.23. The summed E-state index contributed by atoms with van der Waals surface area (Å²) in [6.45, 7) is 1.94. The van der Waals surface area contributed by atoms with Gasteiger partial charge in [-0.3, -0.25) is 4.68 Å². The van der Waals surface area contributed by atoms with Crippen LogP contribution in [0.25, 0.3) is 0 Å². The molecule has 0 aromatic carbocycles. The van der Waals surface area contributed by atoms with Crippen molar-refractivity contribution in [3.63, 3.8) is 0 Å². The van der Waals surface area contributed by atoms with E-state index in [1.165, 1.54) is 0 Å². The van der Waals surface area contributed by atoms with Crippen molar-refractivity contribution in [2.45, 2.75) is 19.1 Å². The van der Waals surface area contributed by atoms with Gasteiger partial charge in [0.05, 0.1) is 18.4 Å². The van der Waals surface area contributed by atoms with Crippen LogP contribution in [-0.4, -0.2) is 41.3 Å². The predicted octanol–water partition coefficient (Wildman–Crippen LogP) is -0.0929. The van der Waals surface area contributed by atoms with E-state index in [2.05, 4.69) is 10.4 Å². The minimum absolute atomic E-state index is 0.381. The van der Waals surface area contributed by atoms with Crippen LogP contribution in [0.4, 0.5) is 0 Å². The average Bonchev–Trinajstić information content (AvgIpc) is 2.60. The molecule has 0 saturated carbocycles. The number of rotatable bonds is 7. The van der Waals surface area contributed by atoms with E-state index in [4.69, 9.17) is 4.74 Å². The Bertz CT molecular complexity index is 275. The van der Waals surface area contributed by atoms with Gasteiger partial charge >= 0.3 is 0 Å². The molecule has 1 aromatic rings. The van der Waals surface area contributed by atoms with E-state index in [9.17, 15) is 5.11 Å². The summed E-state index contributed by atoms with van der Waals surface area (Å²) in [7, 11) is 3.50. The lowest BCUT2D eigenvalue weighted by Gasteiger charge is -2.09. The zero-order chi connectivity index (χ0) is 11.1. The fourth-order valence-corrected chi connectivity index (χ4v) is 1.34. The molecule has 1 unspecified atom stereocenters. The number of nitrogens with zero attached hydrogens (tertiary/aromatic N) is 2. The van der Waals surface area contributed by atoms with Crippen molar-refractivity contribution in [2.24, 2.45) is 7.05 Å². The molecule has 0 radical (unpaired) electrons. The normalized spacial score (nSPS) is 13.0. The molecule has 0 aliphatic rings. The van der Waals surface area contributed by atoms with Crippen LogP contribution in [0.2, 0.25) is 0 Å². The highest BCUT2D eigenvalue weighted by molar-refractivity contribution is 4.98. The first kappa shape index (κ1) is 12.2. The van der Waals surface area contributed by atoms with E-state index in [0.29, 0.717) is 13.0 Å². The summed E-state index contributed by atoms with van der Waals surface area (Å²) in [5.74, 6) is 0. The maximum absolute atomic E-state index is 9.38. The summed E-state index contributed by atoms with van der Waals surface area (Å²) in [6.07, 6.45) is 2.09. The van der Waals surface area contributed by atoms with Gasteiger partial charge in [0.2, 0.25) is 0 Å². The second kappa shape index (κ2) is 6.55. The van der Waals surface area contributed by atoms with E-state index >= 15 is 0 Å². The van der Waals surface area contributed by atoms with Crippen LogP contribution in [0.5, 0.6) is 0 Å². The van der Waals surface area contributed by atoms with E-state index < -0.39 is 0 Å². The number of hydrogen-bond acceptors (Lipinski definition) is 4. The van der Waals surface area contributed by atoms with Gasteiger partial charge in [-0.15, -0.1) is 0 Å². The van der Waals surface area contributed by atoms with E-state index in [1.807, 2.05) is 17.8 Å². The molecular weight excluding hydrogens is 194 g/mol. The summed E-state index contributed by atoms with van der Waals surface area (Å²) in [6, 6.07) is 1.97. The second-order valence-corrected chi connectivity index (χ2v) is 3.52. The van der Waals surface area contributed by atoms with Gasteiger partial charge < -0.3 is 15.2 Å². The van der Waals surface area contributed by atoms with Crippen LogP contribution in [0, 0.1) is 0 Å². The highest BCUT2D eigenvalue weighted by Gasteiger charge is 2.02. The molecule has 5 nitrogen and oxygen atoms in total. The maximum Gasteiger partial charge on any atom is 0.0785 e. The molecule has 0 amide bonds. The highest BCUT2D eigenvalue weighted by Crippen LogP contribution is 1.96. The Balaban J connectivity index is 2.09. The van der Waals surface area contributed by atoms with Crippen molar-refractivity contribution < 1.29 is 9.84 Å². The van der Waals surface area contributed by atoms with E-state index in [1.54, 1.807) is 13.3 Å². The fourth-order valence-electron chi connectivity index (χ4n) is 1.34. The van der Waals surface area contributed by atoms with Crippen molar-refractivity contribution >= 4 is 0 Å². The van der Waals surface area contributed by atoms with Gasteiger partial charge in [0.1, 0.15) is 0 Å². The van der Waals surface area contributed by atoms with Gasteiger partial charge in [0.25, 0.3) is 0 Å². The number of nitrogens with one attached hydrogen (secondary N) is 1. The predicted molar refractivity (Wildman–Crippen MR) is 57.4 cm³/mol. The minimum atomic E-state index is -0.381. The molecule has 1 rings (SSSR count). The van der Waals surface area contributed by atoms with Gasteiger partial charge in [0, 0.05) is 26.9 Å². The van der Waals surface area contributed by atoms with Crippen LogP contribution >= 0.6 is 0 Å². The first-order valence-electron chi connectivity index (χ1n) is 5.08. The Kier molecular flexibility index (Phi) is 5.31. The molecule has 86 valence electrons. The largest absolute Gasteiger partial charge is 0.391 e. The fraction of sp³-hybridized carbons (Fsp3) is 0.700. The van der Waals surface area contributed by atoms with E-state index in [-0.39, 0.29) is 6.10 Å². The molecule has 5 heteroatoms. The van der Waals surface area contributed by atoms with Crippen molar-refractivity contribution in [3.05, 3.63) is 18.0 Å². The number of ether oxygens (including phenoxy) is 1. The number of methoxy groups -OCH3 is 1.